The van der Waals surface area contributed by atoms with Crippen molar-refractivity contribution in [3.63, 3.8) is 0 Å². The summed E-state index contributed by atoms with van der Waals surface area (Å²) in [7, 11) is 1.07. The Hall–Kier alpha value is -2.35. The minimum absolute atomic E-state index is 0.0126. The van der Waals surface area contributed by atoms with Crippen LogP contribution in [0, 0.1) is 19.8 Å². The molecule has 0 bridgehead atoms. The average molecular weight is 378 g/mol. The van der Waals surface area contributed by atoms with Crippen molar-refractivity contribution in [2.24, 2.45) is 0 Å². The second-order valence-corrected chi connectivity index (χ2v) is 5.42. The molecule has 25 heavy (non-hydrogen) atoms. The maximum Gasteiger partial charge on any atom is 0.417 e. The van der Waals surface area contributed by atoms with E-state index in [1.807, 2.05) is 0 Å². The number of pyridine rings is 1. The van der Waals surface area contributed by atoms with E-state index in [2.05, 4.69) is 9.72 Å². The quantitative estimate of drug-likeness (QED) is 0.425. The molecule has 0 saturated heterocycles. The lowest BCUT2D eigenvalue weighted by atomic mass is 10.0. The first-order chi connectivity index (χ1) is 11.6. The predicted octanol–water partition coefficient (Wildman–Crippen LogP) is 5.09. The molecular weight excluding hydrogens is 366 g/mol. The Balaban J connectivity index is 2.68. The number of hydrogen-bond acceptors (Lipinski definition) is 4. The monoisotopic (exact) mass is 377 g/mol. The van der Waals surface area contributed by atoms with Gasteiger partial charge in [0.25, 0.3) is 0 Å². The lowest BCUT2D eigenvalue weighted by Crippen LogP contribution is -2.13. The molecule has 0 radical (unpaired) electrons. The molecule has 1 heterocycles. The maximum absolute atomic E-state index is 13.2. The molecule has 2 rings (SSSR count). The Bertz CT molecular complexity index is 837. The summed E-state index contributed by atoms with van der Waals surface area (Å²) in [5, 5.41) is -0.630. The van der Waals surface area contributed by atoms with Crippen LogP contribution in [0.3, 0.4) is 0 Å². The van der Waals surface area contributed by atoms with Gasteiger partial charge in [-0.25, -0.2) is 9.78 Å². The number of rotatable bonds is 3. The maximum atomic E-state index is 13.2. The van der Waals surface area contributed by atoms with E-state index in [9.17, 15) is 22.4 Å². The Morgan fingerprint density at radius 3 is 2.36 bits per heavy atom. The molecule has 0 atom stereocenters. The van der Waals surface area contributed by atoms with Gasteiger partial charge < -0.3 is 9.47 Å². The molecule has 9 heteroatoms. The van der Waals surface area contributed by atoms with E-state index in [1.165, 1.54) is 19.9 Å². The summed E-state index contributed by atoms with van der Waals surface area (Å²) in [4.78, 5) is 15.5. The summed E-state index contributed by atoms with van der Waals surface area (Å²) < 4.78 is 62.6. The normalized spacial score (nSPS) is 11.4. The molecule has 0 aliphatic rings. The first-order valence-electron chi connectivity index (χ1n) is 6.85. The average Bonchev–Trinajstić information content (AvgIpc) is 2.51. The van der Waals surface area contributed by atoms with Gasteiger partial charge in [0.15, 0.2) is 0 Å². The van der Waals surface area contributed by atoms with Crippen molar-refractivity contribution in [3.05, 3.63) is 51.6 Å². The lowest BCUT2D eigenvalue weighted by molar-refractivity contribution is -0.137. The van der Waals surface area contributed by atoms with Crippen molar-refractivity contribution < 1.29 is 31.8 Å². The van der Waals surface area contributed by atoms with Crippen molar-refractivity contribution in [1.29, 1.82) is 0 Å². The van der Waals surface area contributed by atoms with Crippen LogP contribution in [0.5, 0.6) is 11.5 Å². The third-order valence-electron chi connectivity index (χ3n) is 3.38. The van der Waals surface area contributed by atoms with E-state index in [4.69, 9.17) is 16.3 Å². The van der Waals surface area contributed by atoms with E-state index in [0.29, 0.717) is 6.07 Å². The first kappa shape index (κ1) is 19.0. The highest BCUT2D eigenvalue weighted by molar-refractivity contribution is 6.32. The highest BCUT2D eigenvalue weighted by Gasteiger charge is 2.37. The van der Waals surface area contributed by atoms with Crippen LogP contribution in [0.1, 0.15) is 27.2 Å². The van der Waals surface area contributed by atoms with Gasteiger partial charge in [0.1, 0.15) is 17.1 Å². The van der Waals surface area contributed by atoms with Crippen LogP contribution >= 0.6 is 11.6 Å². The van der Waals surface area contributed by atoms with E-state index < -0.39 is 34.4 Å². The fourth-order valence-corrected chi connectivity index (χ4v) is 2.41. The smallest absolute Gasteiger partial charge is 0.417 e. The van der Waals surface area contributed by atoms with Crippen LogP contribution < -0.4 is 4.74 Å². The van der Waals surface area contributed by atoms with Crippen molar-refractivity contribution in [2.75, 3.05) is 7.11 Å². The molecule has 1 aromatic heterocycles. The van der Waals surface area contributed by atoms with Crippen molar-refractivity contribution in [3.8, 4) is 11.5 Å². The molecule has 0 spiro atoms. The number of benzene rings is 1. The third-order valence-corrected chi connectivity index (χ3v) is 3.87. The number of aryl methyl sites for hydroxylation is 1. The molecule has 1 aromatic carbocycles. The highest BCUT2D eigenvalue weighted by Crippen LogP contribution is 2.42. The number of methoxy groups -OCH3 is 1. The Morgan fingerprint density at radius 1 is 1.20 bits per heavy atom. The van der Waals surface area contributed by atoms with Gasteiger partial charge in [0.2, 0.25) is 5.95 Å². The molecule has 2 aromatic rings. The summed E-state index contributed by atoms with van der Waals surface area (Å²) >= 11 is 5.77. The molecule has 0 amide bonds. The molecule has 0 saturated carbocycles. The fourth-order valence-electron chi connectivity index (χ4n) is 2.15. The van der Waals surface area contributed by atoms with Gasteiger partial charge in [-0.3, -0.25) is 0 Å². The standard InChI is InChI=1S/C16H12ClF4NO3/c1-7-13(15(23)24-3)11(6-9(14(7)17)16(19,20)21)25-10-4-5-12(18)22-8(10)2/h4-6H,1-3H3. The molecule has 0 aliphatic carbocycles. The van der Waals surface area contributed by atoms with Gasteiger partial charge in [0.05, 0.1) is 23.4 Å². The summed E-state index contributed by atoms with van der Waals surface area (Å²) in [5.74, 6) is -2.13. The van der Waals surface area contributed by atoms with Crippen LogP contribution in [0.2, 0.25) is 5.02 Å². The van der Waals surface area contributed by atoms with Gasteiger partial charge in [-0.1, -0.05) is 11.6 Å². The number of carbonyl (C=O) groups is 1. The number of esters is 1. The summed E-state index contributed by atoms with van der Waals surface area (Å²) in [6.07, 6.45) is -4.76. The van der Waals surface area contributed by atoms with Gasteiger partial charge in [0, 0.05) is 0 Å². The van der Waals surface area contributed by atoms with Gasteiger partial charge >= 0.3 is 12.1 Å². The molecular formula is C16H12ClF4NO3. The van der Waals surface area contributed by atoms with Crippen molar-refractivity contribution >= 4 is 17.6 Å². The number of aromatic nitrogens is 1. The van der Waals surface area contributed by atoms with E-state index >= 15 is 0 Å². The van der Waals surface area contributed by atoms with E-state index in [-0.39, 0.29) is 22.6 Å². The largest absolute Gasteiger partial charge is 0.465 e. The summed E-state index contributed by atoms with van der Waals surface area (Å²) in [5.41, 5.74) is -1.48. The number of halogens is 5. The zero-order valence-electron chi connectivity index (χ0n) is 13.3. The fraction of sp³-hybridized carbons (Fsp3) is 0.250. The third kappa shape index (κ3) is 3.84. The van der Waals surface area contributed by atoms with Crippen molar-refractivity contribution in [2.45, 2.75) is 20.0 Å². The van der Waals surface area contributed by atoms with Crippen LogP contribution in [0.15, 0.2) is 18.2 Å². The van der Waals surface area contributed by atoms with Crippen LogP contribution in [-0.4, -0.2) is 18.1 Å². The first-order valence-corrected chi connectivity index (χ1v) is 7.23. The van der Waals surface area contributed by atoms with Gasteiger partial charge in [-0.15, -0.1) is 0 Å². The Morgan fingerprint density at radius 2 is 1.84 bits per heavy atom. The molecule has 0 N–H and O–H groups in total. The molecule has 0 unspecified atom stereocenters. The highest BCUT2D eigenvalue weighted by atomic mass is 35.5. The zero-order chi connectivity index (χ0) is 18.9. The zero-order valence-corrected chi connectivity index (χ0v) is 14.0. The summed E-state index contributed by atoms with van der Waals surface area (Å²) in [6.45, 7) is 2.65. The number of carbonyl (C=O) groups excluding carboxylic acids is 1. The summed E-state index contributed by atoms with van der Waals surface area (Å²) in [6, 6.07) is 2.77. The van der Waals surface area contributed by atoms with Crippen LogP contribution in [0.25, 0.3) is 0 Å². The van der Waals surface area contributed by atoms with E-state index in [1.54, 1.807) is 0 Å². The molecule has 134 valence electrons. The molecule has 0 aliphatic heterocycles. The Kier molecular flexibility index (Phi) is 5.22. The minimum Gasteiger partial charge on any atom is -0.465 e. The predicted molar refractivity (Wildman–Crippen MR) is 81.5 cm³/mol. The molecule has 0 fully saturated rings. The number of ether oxygens (including phenoxy) is 2. The minimum atomic E-state index is -4.76. The SMILES string of the molecule is COC(=O)c1c(Oc2ccc(F)nc2C)cc(C(F)(F)F)c(Cl)c1C. The van der Waals surface area contributed by atoms with Crippen molar-refractivity contribution in [1.82, 2.24) is 4.98 Å². The number of hydrogen-bond donors (Lipinski definition) is 0. The van der Waals surface area contributed by atoms with E-state index in [0.717, 1.165) is 13.2 Å². The topological polar surface area (TPSA) is 48.4 Å². The molecule has 4 nitrogen and oxygen atoms in total. The Labute approximate surface area is 145 Å². The van der Waals surface area contributed by atoms with Crippen LogP contribution in [-0.2, 0) is 10.9 Å². The van der Waals surface area contributed by atoms with Gasteiger partial charge in [-0.2, -0.15) is 17.6 Å². The number of nitrogens with zero attached hydrogens (tertiary/aromatic N) is 1. The van der Waals surface area contributed by atoms with Gasteiger partial charge in [-0.05, 0) is 37.6 Å². The van der Waals surface area contributed by atoms with Crippen LogP contribution in [0.4, 0.5) is 17.6 Å². The second-order valence-electron chi connectivity index (χ2n) is 5.05. The lowest BCUT2D eigenvalue weighted by Gasteiger charge is -2.18. The number of alkyl halides is 3. The second kappa shape index (κ2) is 6.87.